The van der Waals surface area contributed by atoms with Crippen LogP contribution in [0.2, 0.25) is 5.02 Å². The number of nitrogens with zero attached hydrogens (tertiary/aromatic N) is 3. The second-order valence-corrected chi connectivity index (χ2v) is 7.91. The molecule has 0 atom stereocenters. The Morgan fingerprint density at radius 1 is 1.16 bits per heavy atom. The quantitative estimate of drug-likeness (QED) is 0.394. The number of ether oxygens (including phenoxy) is 1. The number of aromatic nitrogens is 2. The molecule has 0 spiro atoms. The van der Waals surface area contributed by atoms with Gasteiger partial charge in [-0.15, -0.1) is 0 Å². The molecule has 3 rings (SSSR count). The molecule has 1 aromatic heterocycles. The summed E-state index contributed by atoms with van der Waals surface area (Å²) in [6, 6.07) is 11.7. The lowest BCUT2D eigenvalue weighted by Gasteiger charge is -2.16. The van der Waals surface area contributed by atoms with Crippen molar-refractivity contribution in [1.29, 1.82) is 0 Å². The molecule has 32 heavy (non-hydrogen) atoms. The zero-order chi connectivity index (χ0) is 23.1. The number of nitrogens with one attached hydrogen (secondary N) is 3. The highest BCUT2D eigenvalue weighted by Crippen LogP contribution is 2.31. The van der Waals surface area contributed by atoms with Gasteiger partial charge in [0.2, 0.25) is 12.4 Å². The third-order valence-electron chi connectivity index (χ3n) is 4.83. The predicted octanol–water partition coefficient (Wildman–Crippen LogP) is 4.24. The highest BCUT2D eigenvalue weighted by molar-refractivity contribution is 6.32. The molecule has 1 heterocycles. The maximum atomic E-state index is 10.6. The van der Waals surface area contributed by atoms with E-state index in [1.165, 1.54) is 0 Å². The molecule has 8 nitrogen and oxygen atoms in total. The summed E-state index contributed by atoms with van der Waals surface area (Å²) in [4.78, 5) is 21.6. The minimum absolute atomic E-state index is 0.381. The lowest BCUT2D eigenvalue weighted by atomic mass is 10.1. The number of halogens is 1. The van der Waals surface area contributed by atoms with Gasteiger partial charge >= 0.3 is 0 Å². The second kappa shape index (κ2) is 10.8. The van der Waals surface area contributed by atoms with E-state index in [1.807, 2.05) is 57.4 Å². The number of methoxy groups -OCH3 is 1. The van der Waals surface area contributed by atoms with Crippen LogP contribution >= 0.6 is 11.6 Å². The summed E-state index contributed by atoms with van der Waals surface area (Å²) in [5.41, 5.74) is 4.71. The van der Waals surface area contributed by atoms with Gasteiger partial charge in [-0.25, -0.2) is 4.98 Å². The van der Waals surface area contributed by atoms with Crippen LogP contribution in [0.5, 0.6) is 5.75 Å². The van der Waals surface area contributed by atoms with Crippen molar-refractivity contribution in [2.24, 2.45) is 0 Å². The van der Waals surface area contributed by atoms with Crippen molar-refractivity contribution in [3.05, 3.63) is 64.3 Å². The summed E-state index contributed by atoms with van der Waals surface area (Å²) in [5.74, 6) is 1.55. The van der Waals surface area contributed by atoms with Gasteiger partial charge in [0.25, 0.3) is 0 Å². The maximum Gasteiger partial charge on any atom is 0.229 e. The summed E-state index contributed by atoms with van der Waals surface area (Å²) in [6.45, 7) is 3.22. The smallest absolute Gasteiger partial charge is 0.229 e. The van der Waals surface area contributed by atoms with Crippen LogP contribution in [0, 0.1) is 6.92 Å². The molecule has 0 aliphatic rings. The Bertz CT molecular complexity index is 1090. The van der Waals surface area contributed by atoms with Crippen molar-refractivity contribution in [3.63, 3.8) is 0 Å². The summed E-state index contributed by atoms with van der Waals surface area (Å²) < 4.78 is 5.54. The van der Waals surface area contributed by atoms with Gasteiger partial charge < -0.3 is 25.6 Å². The van der Waals surface area contributed by atoms with Crippen molar-refractivity contribution in [2.45, 2.75) is 20.0 Å². The van der Waals surface area contributed by atoms with E-state index in [1.54, 1.807) is 13.3 Å². The van der Waals surface area contributed by atoms with Crippen molar-refractivity contribution in [2.75, 3.05) is 31.8 Å². The number of anilines is 4. The van der Waals surface area contributed by atoms with Crippen molar-refractivity contribution in [1.82, 2.24) is 20.2 Å². The number of benzene rings is 2. The molecule has 3 N–H and O–H groups in total. The molecule has 9 heteroatoms. The van der Waals surface area contributed by atoms with Crippen molar-refractivity contribution < 1.29 is 9.53 Å². The summed E-state index contributed by atoms with van der Waals surface area (Å²) in [7, 11) is 5.67. The van der Waals surface area contributed by atoms with Gasteiger partial charge in [0.1, 0.15) is 10.8 Å². The highest BCUT2D eigenvalue weighted by atomic mass is 35.5. The number of hydrogen-bond acceptors (Lipinski definition) is 7. The molecule has 1 amide bonds. The Morgan fingerprint density at radius 2 is 1.97 bits per heavy atom. The van der Waals surface area contributed by atoms with Crippen LogP contribution in [-0.2, 0) is 17.9 Å². The van der Waals surface area contributed by atoms with Crippen LogP contribution in [0.25, 0.3) is 0 Å². The molecule has 0 saturated carbocycles. The van der Waals surface area contributed by atoms with E-state index in [4.69, 9.17) is 16.3 Å². The molecule has 0 unspecified atom stereocenters. The zero-order valence-corrected chi connectivity index (χ0v) is 19.3. The third-order valence-corrected chi connectivity index (χ3v) is 5.11. The molecule has 3 aromatic rings. The molecular formula is C23H27ClN6O2. The lowest BCUT2D eigenvalue weighted by Crippen LogP contribution is -2.11. The van der Waals surface area contributed by atoms with E-state index in [2.05, 4.69) is 30.8 Å². The molecule has 0 aliphatic heterocycles. The third kappa shape index (κ3) is 5.87. The Labute approximate surface area is 193 Å². The molecule has 0 radical (unpaired) electrons. The van der Waals surface area contributed by atoms with Gasteiger partial charge in [0.15, 0.2) is 5.82 Å². The van der Waals surface area contributed by atoms with Crippen LogP contribution in [0.15, 0.2) is 42.6 Å². The molecule has 0 fully saturated rings. The van der Waals surface area contributed by atoms with Crippen LogP contribution in [-0.4, -0.2) is 42.5 Å². The molecular weight excluding hydrogens is 428 g/mol. The van der Waals surface area contributed by atoms with Gasteiger partial charge in [-0.05, 0) is 55.9 Å². The zero-order valence-electron chi connectivity index (χ0n) is 18.6. The Morgan fingerprint density at radius 3 is 2.69 bits per heavy atom. The Kier molecular flexibility index (Phi) is 7.86. The first-order valence-corrected chi connectivity index (χ1v) is 10.4. The predicted molar refractivity (Wildman–Crippen MR) is 128 cm³/mol. The Hall–Kier alpha value is -3.36. The fourth-order valence-corrected chi connectivity index (χ4v) is 3.37. The average Bonchev–Trinajstić information content (AvgIpc) is 2.77. The number of hydrogen-bond donors (Lipinski definition) is 3. The highest BCUT2D eigenvalue weighted by Gasteiger charge is 2.12. The van der Waals surface area contributed by atoms with Gasteiger partial charge in [-0.3, -0.25) is 4.79 Å². The van der Waals surface area contributed by atoms with Crippen LogP contribution in [0.1, 0.15) is 16.7 Å². The van der Waals surface area contributed by atoms with E-state index in [-0.39, 0.29) is 0 Å². The first-order valence-electron chi connectivity index (χ1n) is 10.0. The minimum atomic E-state index is 0.381. The summed E-state index contributed by atoms with van der Waals surface area (Å²) in [5, 5.41) is 9.54. The summed E-state index contributed by atoms with van der Waals surface area (Å²) >= 11 is 6.35. The normalized spacial score (nSPS) is 10.7. The van der Waals surface area contributed by atoms with Crippen LogP contribution < -0.4 is 20.7 Å². The fourth-order valence-electron chi connectivity index (χ4n) is 3.23. The summed E-state index contributed by atoms with van der Waals surface area (Å²) in [6.07, 6.45) is 2.22. The van der Waals surface area contributed by atoms with E-state index < -0.39 is 0 Å². The van der Waals surface area contributed by atoms with Gasteiger partial charge in [0, 0.05) is 18.8 Å². The van der Waals surface area contributed by atoms with E-state index in [9.17, 15) is 4.79 Å². The number of amides is 1. The number of carbonyl (C=O) groups is 1. The maximum absolute atomic E-state index is 10.6. The molecule has 2 aromatic carbocycles. The average molecular weight is 455 g/mol. The topological polar surface area (TPSA) is 91.4 Å². The van der Waals surface area contributed by atoms with Gasteiger partial charge in [-0.2, -0.15) is 4.98 Å². The van der Waals surface area contributed by atoms with Crippen LogP contribution in [0.4, 0.5) is 23.1 Å². The Balaban J connectivity index is 1.83. The number of carbonyl (C=O) groups excluding carboxylic acids is 1. The first-order chi connectivity index (χ1) is 15.4. The molecule has 0 aliphatic carbocycles. The fraction of sp³-hybridized carbons (Fsp3) is 0.261. The molecule has 0 bridgehead atoms. The van der Waals surface area contributed by atoms with Gasteiger partial charge in [-0.1, -0.05) is 29.8 Å². The minimum Gasteiger partial charge on any atom is -0.495 e. The van der Waals surface area contributed by atoms with Crippen LogP contribution in [0.3, 0.4) is 0 Å². The number of rotatable bonds is 10. The largest absolute Gasteiger partial charge is 0.495 e. The van der Waals surface area contributed by atoms with E-state index in [0.717, 1.165) is 34.6 Å². The SMILES string of the molecule is COc1cc(CN(C)C)ccc1Nc1ncc(Cl)c(Nc2cccc(CNC=O)c2C)n1. The first kappa shape index (κ1) is 23.3. The van der Waals surface area contributed by atoms with Crippen molar-refractivity contribution >= 4 is 41.2 Å². The van der Waals surface area contributed by atoms with Crippen molar-refractivity contribution in [3.8, 4) is 5.75 Å². The standard InChI is InChI=1S/C23H27ClN6O2/c1-15-17(11-25-14-31)6-5-7-19(15)27-22-18(24)12-26-23(29-22)28-20-9-8-16(13-30(2)3)10-21(20)32-4/h5-10,12,14H,11,13H2,1-4H3,(H,25,31)(H2,26,27,28,29). The molecule has 168 valence electrons. The molecule has 0 saturated heterocycles. The van der Waals surface area contributed by atoms with Gasteiger partial charge in [0.05, 0.1) is 19.0 Å². The lowest BCUT2D eigenvalue weighted by molar-refractivity contribution is -0.109. The second-order valence-electron chi connectivity index (χ2n) is 7.50. The monoisotopic (exact) mass is 454 g/mol. The van der Waals surface area contributed by atoms with E-state index in [0.29, 0.717) is 35.5 Å². The van der Waals surface area contributed by atoms with E-state index >= 15 is 0 Å².